The Labute approximate surface area is 158 Å². The second kappa shape index (κ2) is 7.41. The second-order valence-electron chi connectivity index (χ2n) is 7.07. The normalized spacial score (nSPS) is 12.5. The maximum absolute atomic E-state index is 14.3. The Bertz CT molecular complexity index is 991. The van der Waals surface area contributed by atoms with Gasteiger partial charge in [0, 0.05) is 13.1 Å². The summed E-state index contributed by atoms with van der Waals surface area (Å²) in [4.78, 5) is 35.2. The third-order valence-electron chi connectivity index (χ3n) is 3.63. The van der Waals surface area contributed by atoms with Crippen LogP contribution < -0.4 is 11.0 Å². The Hall–Kier alpha value is -3.24. The van der Waals surface area contributed by atoms with Gasteiger partial charge in [-0.2, -0.15) is 4.68 Å². The van der Waals surface area contributed by atoms with Crippen molar-refractivity contribution in [1.82, 2.24) is 19.7 Å². The SMILES string of the molecule is C[C@@H](NC(=O)OC(C)(C)C)c1nn(-c2cc(F)c(C(=O)O)cc2F)c(=O)n1C. The predicted octanol–water partition coefficient (Wildman–Crippen LogP) is 2.13. The Balaban J connectivity index is 2.41. The van der Waals surface area contributed by atoms with E-state index in [9.17, 15) is 23.2 Å². The zero-order valence-corrected chi connectivity index (χ0v) is 15.9. The lowest BCUT2D eigenvalue weighted by molar-refractivity contribution is 0.0504. The fourth-order valence-electron chi connectivity index (χ4n) is 2.40. The van der Waals surface area contributed by atoms with Crippen LogP contribution in [0.25, 0.3) is 5.69 Å². The molecule has 0 unspecified atom stereocenters. The van der Waals surface area contributed by atoms with Gasteiger partial charge in [-0.15, -0.1) is 5.10 Å². The van der Waals surface area contributed by atoms with Gasteiger partial charge >= 0.3 is 17.8 Å². The smallest absolute Gasteiger partial charge is 0.408 e. The predicted molar refractivity (Wildman–Crippen MR) is 93.5 cm³/mol. The molecule has 0 spiro atoms. The highest BCUT2D eigenvalue weighted by atomic mass is 19.1. The number of benzene rings is 1. The molecule has 2 N–H and O–H groups in total. The molecular weight excluding hydrogens is 378 g/mol. The lowest BCUT2D eigenvalue weighted by Crippen LogP contribution is -2.35. The first-order valence-corrected chi connectivity index (χ1v) is 8.20. The summed E-state index contributed by atoms with van der Waals surface area (Å²) in [5.41, 5.74) is -2.97. The van der Waals surface area contributed by atoms with Crippen molar-refractivity contribution in [3.05, 3.63) is 45.6 Å². The number of ether oxygens (including phenoxy) is 1. The van der Waals surface area contributed by atoms with Crippen LogP contribution >= 0.6 is 0 Å². The molecule has 152 valence electrons. The maximum Gasteiger partial charge on any atom is 0.408 e. The third-order valence-corrected chi connectivity index (χ3v) is 3.63. The molecule has 1 heterocycles. The summed E-state index contributed by atoms with van der Waals surface area (Å²) in [6.45, 7) is 6.57. The molecule has 28 heavy (non-hydrogen) atoms. The van der Waals surface area contributed by atoms with Gasteiger partial charge in [-0.25, -0.2) is 23.2 Å². The van der Waals surface area contributed by atoms with E-state index in [2.05, 4.69) is 10.4 Å². The van der Waals surface area contributed by atoms with E-state index < -0.39 is 52.3 Å². The van der Waals surface area contributed by atoms with Crippen molar-refractivity contribution in [3.63, 3.8) is 0 Å². The monoisotopic (exact) mass is 398 g/mol. The van der Waals surface area contributed by atoms with Crippen LogP contribution in [0.5, 0.6) is 0 Å². The van der Waals surface area contributed by atoms with Crippen molar-refractivity contribution in [2.75, 3.05) is 0 Å². The Morgan fingerprint density at radius 3 is 2.39 bits per heavy atom. The molecule has 0 saturated carbocycles. The second-order valence-corrected chi connectivity index (χ2v) is 7.07. The van der Waals surface area contributed by atoms with E-state index >= 15 is 0 Å². The molecular formula is C17H20F2N4O5. The minimum absolute atomic E-state index is 0.0537. The highest BCUT2D eigenvalue weighted by Gasteiger charge is 2.24. The van der Waals surface area contributed by atoms with Gasteiger partial charge in [-0.05, 0) is 33.8 Å². The average molecular weight is 398 g/mol. The molecule has 0 bridgehead atoms. The quantitative estimate of drug-likeness (QED) is 0.815. The number of carbonyl (C=O) groups excluding carboxylic acids is 1. The van der Waals surface area contributed by atoms with Gasteiger partial charge in [0.2, 0.25) is 0 Å². The Kier molecular flexibility index (Phi) is 5.57. The van der Waals surface area contributed by atoms with Crippen molar-refractivity contribution < 1.29 is 28.2 Å². The maximum atomic E-state index is 14.3. The first kappa shape index (κ1) is 21.1. The first-order chi connectivity index (χ1) is 12.8. The van der Waals surface area contributed by atoms with Crippen molar-refractivity contribution >= 4 is 12.1 Å². The molecule has 1 amide bonds. The number of nitrogens with zero attached hydrogens (tertiary/aromatic N) is 3. The summed E-state index contributed by atoms with van der Waals surface area (Å²) in [7, 11) is 1.34. The first-order valence-electron chi connectivity index (χ1n) is 8.20. The number of rotatable bonds is 4. The summed E-state index contributed by atoms with van der Waals surface area (Å²) in [5, 5.41) is 15.3. The summed E-state index contributed by atoms with van der Waals surface area (Å²) < 4.78 is 34.9. The van der Waals surface area contributed by atoms with Crippen molar-refractivity contribution in [1.29, 1.82) is 0 Å². The highest BCUT2D eigenvalue weighted by molar-refractivity contribution is 5.88. The van der Waals surface area contributed by atoms with E-state index in [1.165, 1.54) is 14.0 Å². The molecule has 0 radical (unpaired) electrons. The van der Waals surface area contributed by atoms with Crippen molar-refractivity contribution in [2.24, 2.45) is 7.05 Å². The minimum atomic E-state index is -1.65. The number of carboxylic acids is 1. The van der Waals surface area contributed by atoms with Gasteiger partial charge in [0.1, 0.15) is 22.9 Å². The summed E-state index contributed by atoms with van der Waals surface area (Å²) in [6, 6.07) is 0.249. The zero-order chi connectivity index (χ0) is 21.4. The fourth-order valence-corrected chi connectivity index (χ4v) is 2.40. The number of alkyl carbamates (subject to hydrolysis) is 1. The van der Waals surface area contributed by atoms with Crippen LogP contribution in [-0.4, -0.2) is 37.1 Å². The van der Waals surface area contributed by atoms with Crippen LogP contribution in [0.2, 0.25) is 0 Å². The van der Waals surface area contributed by atoms with Crippen molar-refractivity contribution in [3.8, 4) is 5.69 Å². The molecule has 0 aliphatic carbocycles. The number of halogens is 2. The van der Waals surface area contributed by atoms with Gasteiger partial charge in [-0.1, -0.05) is 0 Å². The summed E-state index contributed by atoms with van der Waals surface area (Å²) in [5.74, 6) is -3.95. The van der Waals surface area contributed by atoms with Crippen LogP contribution in [0.4, 0.5) is 13.6 Å². The largest absolute Gasteiger partial charge is 0.478 e. The molecule has 1 aromatic heterocycles. The van der Waals surface area contributed by atoms with E-state index in [4.69, 9.17) is 9.84 Å². The Morgan fingerprint density at radius 1 is 1.25 bits per heavy atom. The molecule has 2 aromatic rings. The van der Waals surface area contributed by atoms with Crippen LogP contribution in [-0.2, 0) is 11.8 Å². The van der Waals surface area contributed by atoms with E-state index in [-0.39, 0.29) is 5.82 Å². The number of amides is 1. The molecule has 0 fully saturated rings. The van der Waals surface area contributed by atoms with Crippen LogP contribution in [0.3, 0.4) is 0 Å². The lowest BCUT2D eigenvalue weighted by Gasteiger charge is -2.21. The van der Waals surface area contributed by atoms with Crippen molar-refractivity contribution in [2.45, 2.75) is 39.3 Å². The molecule has 0 aliphatic rings. The number of hydrogen-bond donors (Lipinski definition) is 2. The van der Waals surface area contributed by atoms with Gasteiger partial charge in [0.15, 0.2) is 5.82 Å². The number of hydrogen-bond acceptors (Lipinski definition) is 5. The van der Waals surface area contributed by atoms with Gasteiger partial charge in [0.05, 0.1) is 11.6 Å². The number of aromatic nitrogens is 3. The third kappa shape index (κ3) is 4.35. The van der Waals surface area contributed by atoms with Crippen LogP contribution in [0.15, 0.2) is 16.9 Å². The lowest BCUT2D eigenvalue weighted by atomic mass is 10.2. The summed E-state index contributed by atoms with van der Waals surface area (Å²) in [6.07, 6.45) is -0.745. The number of nitrogens with one attached hydrogen (secondary N) is 1. The fraction of sp³-hybridized carbons (Fsp3) is 0.412. The van der Waals surface area contributed by atoms with E-state index in [0.29, 0.717) is 16.8 Å². The molecule has 11 heteroatoms. The van der Waals surface area contributed by atoms with E-state index in [1.807, 2.05) is 0 Å². The highest BCUT2D eigenvalue weighted by Crippen LogP contribution is 2.18. The standard InChI is InChI=1S/C17H20F2N4O5/c1-8(20-15(26)28-17(2,3)4)13-21-23(16(27)22(13)5)12-7-10(18)9(14(24)25)6-11(12)19/h6-8H,1-5H3,(H,20,26)(H,24,25)/t8-/m1/s1. The Morgan fingerprint density at radius 2 is 1.86 bits per heavy atom. The van der Waals surface area contributed by atoms with Gasteiger partial charge in [-0.3, -0.25) is 4.57 Å². The molecule has 2 rings (SSSR count). The summed E-state index contributed by atoms with van der Waals surface area (Å²) >= 11 is 0. The molecule has 9 nitrogen and oxygen atoms in total. The van der Waals surface area contributed by atoms with E-state index in [1.54, 1.807) is 20.8 Å². The minimum Gasteiger partial charge on any atom is -0.478 e. The van der Waals surface area contributed by atoms with Gasteiger partial charge in [0.25, 0.3) is 0 Å². The van der Waals surface area contributed by atoms with Gasteiger partial charge < -0.3 is 15.2 Å². The zero-order valence-electron chi connectivity index (χ0n) is 15.9. The number of carboxylic acid groups (broad SMARTS) is 1. The molecule has 1 aromatic carbocycles. The molecule has 0 aliphatic heterocycles. The van der Waals surface area contributed by atoms with Crippen LogP contribution in [0.1, 0.15) is 49.9 Å². The average Bonchev–Trinajstić information content (AvgIpc) is 2.83. The molecule has 0 saturated heterocycles. The van der Waals surface area contributed by atoms with E-state index in [0.717, 1.165) is 4.57 Å². The number of carbonyl (C=O) groups is 2. The topological polar surface area (TPSA) is 115 Å². The van der Waals surface area contributed by atoms with Crippen LogP contribution in [0, 0.1) is 11.6 Å². The number of aromatic carboxylic acids is 1. The molecule has 1 atom stereocenters.